The Kier molecular flexibility index (Phi) is 5.16. The molecule has 4 nitrogen and oxygen atoms in total. The summed E-state index contributed by atoms with van der Waals surface area (Å²) in [5, 5.41) is 7.28. The molecule has 122 valence electrons. The fraction of sp³-hybridized carbons (Fsp3) is 0.111. The van der Waals surface area contributed by atoms with Crippen LogP contribution in [0, 0.1) is 6.92 Å². The van der Waals surface area contributed by atoms with Gasteiger partial charge in [-0.15, -0.1) is 0 Å². The lowest BCUT2D eigenvalue weighted by molar-refractivity contribution is 0.102. The fourth-order valence-electron chi connectivity index (χ4n) is 2.26. The molecule has 24 heavy (non-hydrogen) atoms. The van der Waals surface area contributed by atoms with Crippen LogP contribution >= 0.6 is 31.9 Å². The van der Waals surface area contributed by atoms with Gasteiger partial charge in [-0.25, -0.2) is 0 Å². The van der Waals surface area contributed by atoms with E-state index in [0.717, 1.165) is 14.5 Å². The minimum atomic E-state index is -0.205. The Labute approximate surface area is 157 Å². The third-order valence-electron chi connectivity index (χ3n) is 3.53. The van der Waals surface area contributed by atoms with Crippen molar-refractivity contribution in [1.82, 2.24) is 9.78 Å². The van der Waals surface area contributed by atoms with Gasteiger partial charge in [-0.1, -0.05) is 42.0 Å². The standard InChI is InChI=1S/C18H15Br2N3O/c1-12-6-8-13(9-7-12)10-23-11-16(20)17(22-23)21-18(24)14-4-2-3-5-15(14)19/h2-9,11H,10H2,1H3,(H,21,22,24). The lowest BCUT2D eigenvalue weighted by Gasteiger charge is -2.05. The number of nitrogens with zero attached hydrogens (tertiary/aromatic N) is 2. The first-order valence-electron chi connectivity index (χ1n) is 7.37. The maximum atomic E-state index is 12.4. The summed E-state index contributed by atoms with van der Waals surface area (Å²) in [6.45, 7) is 2.70. The van der Waals surface area contributed by atoms with Gasteiger partial charge in [-0.2, -0.15) is 5.10 Å². The van der Waals surface area contributed by atoms with E-state index in [9.17, 15) is 4.79 Å². The largest absolute Gasteiger partial charge is 0.304 e. The second kappa shape index (κ2) is 7.32. The van der Waals surface area contributed by atoms with Crippen LogP contribution in [0.1, 0.15) is 21.5 Å². The predicted molar refractivity (Wildman–Crippen MR) is 102 cm³/mol. The van der Waals surface area contributed by atoms with Crippen molar-refractivity contribution >= 4 is 43.6 Å². The zero-order valence-corrected chi connectivity index (χ0v) is 16.1. The highest BCUT2D eigenvalue weighted by molar-refractivity contribution is 9.11. The molecule has 1 N–H and O–H groups in total. The minimum absolute atomic E-state index is 0.205. The number of benzene rings is 2. The van der Waals surface area contributed by atoms with Gasteiger partial charge in [0.05, 0.1) is 16.6 Å². The summed E-state index contributed by atoms with van der Waals surface area (Å²) in [7, 11) is 0. The molecule has 0 radical (unpaired) electrons. The van der Waals surface area contributed by atoms with Crippen molar-refractivity contribution in [3.63, 3.8) is 0 Å². The molecule has 0 unspecified atom stereocenters. The van der Waals surface area contributed by atoms with Crippen molar-refractivity contribution < 1.29 is 4.79 Å². The van der Waals surface area contributed by atoms with Crippen molar-refractivity contribution in [2.75, 3.05) is 5.32 Å². The molecule has 3 aromatic rings. The van der Waals surface area contributed by atoms with E-state index >= 15 is 0 Å². The normalized spacial score (nSPS) is 10.6. The number of aromatic nitrogens is 2. The molecule has 2 aromatic carbocycles. The Balaban J connectivity index is 1.75. The Morgan fingerprint density at radius 3 is 2.50 bits per heavy atom. The molecule has 1 amide bonds. The van der Waals surface area contributed by atoms with Gasteiger partial charge in [0.15, 0.2) is 5.82 Å². The van der Waals surface area contributed by atoms with Crippen molar-refractivity contribution in [2.45, 2.75) is 13.5 Å². The molecule has 6 heteroatoms. The van der Waals surface area contributed by atoms with Crippen molar-refractivity contribution in [3.8, 4) is 0 Å². The number of halogens is 2. The lowest BCUT2D eigenvalue weighted by atomic mass is 10.1. The van der Waals surface area contributed by atoms with E-state index in [-0.39, 0.29) is 5.91 Å². The molecule has 1 heterocycles. The van der Waals surface area contributed by atoms with Crippen molar-refractivity contribution in [2.24, 2.45) is 0 Å². The zero-order chi connectivity index (χ0) is 17.1. The SMILES string of the molecule is Cc1ccc(Cn2cc(Br)c(NC(=O)c3ccccc3Br)n2)cc1. The minimum Gasteiger partial charge on any atom is -0.304 e. The van der Waals surface area contributed by atoms with Crippen LogP contribution in [0.3, 0.4) is 0 Å². The number of carbonyl (C=O) groups is 1. The zero-order valence-electron chi connectivity index (χ0n) is 13.0. The van der Waals surface area contributed by atoms with Gasteiger partial charge in [0.25, 0.3) is 5.91 Å². The number of carbonyl (C=O) groups excluding carboxylic acids is 1. The van der Waals surface area contributed by atoms with Gasteiger partial charge in [0, 0.05) is 10.7 Å². The number of rotatable bonds is 4. The van der Waals surface area contributed by atoms with Gasteiger partial charge >= 0.3 is 0 Å². The Bertz CT molecular complexity index is 872. The van der Waals surface area contributed by atoms with E-state index in [0.29, 0.717) is 17.9 Å². The molecule has 0 aliphatic rings. The van der Waals surface area contributed by atoms with Gasteiger partial charge in [0.2, 0.25) is 0 Å². The third-order valence-corrected chi connectivity index (χ3v) is 4.80. The highest BCUT2D eigenvalue weighted by Gasteiger charge is 2.14. The second-order valence-corrected chi connectivity index (χ2v) is 7.15. The molecule has 1 aromatic heterocycles. The molecular weight excluding hydrogens is 434 g/mol. The number of hydrogen-bond acceptors (Lipinski definition) is 2. The highest BCUT2D eigenvalue weighted by Crippen LogP contribution is 2.23. The summed E-state index contributed by atoms with van der Waals surface area (Å²) >= 11 is 6.84. The molecule has 0 aliphatic heterocycles. The average molecular weight is 449 g/mol. The number of anilines is 1. The first kappa shape index (κ1) is 16.9. The summed E-state index contributed by atoms with van der Waals surface area (Å²) < 4.78 is 3.29. The fourth-order valence-corrected chi connectivity index (χ4v) is 3.14. The number of hydrogen-bond donors (Lipinski definition) is 1. The quantitative estimate of drug-likeness (QED) is 0.609. The first-order valence-corrected chi connectivity index (χ1v) is 8.96. The maximum absolute atomic E-state index is 12.4. The lowest BCUT2D eigenvalue weighted by Crippen LogP contribution is -2.13. The molecule has 0 atom stereocenters. The van der Waals surface area contributed by atoms with E-state index < -0.39 is 0 Å². The molecule has 0 saturated heterocycles. The molecule has 0 fully saturated rings. The third kappa shape index (κ3) is 3.94. The second-order valence-electron chi connectivity index (χ2n) is 5.44. The van der Waals surface area contributed by atoms with Gasteiger partial charge in [0.1, 0.15) is 0 Å². The monoisotopic (exact) mass is 447 g/mol. The first-order chi connectivity index (χ1) is 11.5. The van der Waals surface area contributed by atoms with Crippen LogP contribution in [0.5, 0.6) is 0 Å². The van der Waals surface area contributed by atoms with Gasteiger partial charge in [-0.05, 0) is 56.5 Å². The number of aryl methyl sites for hydroxylation is 1. The van der Waals surface area contributed by atoms with Crippen LogP contribution in [0.2, 0.25) is 0 Å². The van der Waals surface area contributed by atoms with Crippen molar-refractivity contribution in [1.29, 1.82) is 0 Å². The maximum Gasteiger partial charge on any atom is 0.258 e. The van der Waals surface area contributed by atoms with Crippen LogP contribution in [0.15, 0.2) is 63.7 Å². The average Bonchev–Trinajstić information content (AvgIpc) is 2.89. The Hall–Kier alpha value is -1.92. The highest BCUT2D eigenvalue weighted by atomic mass is 79.9. The van der Waals surface area contributed by atoms with E-state index in [1.165, 1.54) is 5.56 Å². The Morgan fingerprint density at radius 2 is 1.79 bits per heavy atom. The molecule has 0 bridgehead atoms. The predicted octanol–water partition coefficient (Wildman–Crippen LogP) is 5.02. The molecular formula is C18H15Br2N3O. The summed E-state index contributed by atoms with van der Waals surface area (Å²) in [5.41, 5.74) is 2.94. The summed E-state index contributed by atoms with van der Waals surface area (Å²) in [6, 6.07) is 15.6. The number of nitrogens with one attached hydrogen (secondary N) is 1. The smallest absolute Gasteiger partial charge is 0.258 e. The summed E-state index contributed by atoms with van der Waals surface area (Å²) in [4.78, 5) is 12.4. The van der Waals surface area contributed by atoms with Crippen LogP contribution < -0.4 is 5.32 Å². The topological polar surface area (TPSA) is 46.9 Å². The molecule has 3 rings (SSSR count). The van der Waals surface area contributed by atoms with E-state index in [1.54, 1.807) is 10.7 Å². The molecule has 0 spiro atoms. The van der Waals surface area contributed by atoms with E-state index in [1.807, 2.05) is 24.4 Å². The summed E-state index contributed by atoms with van der Waals surface area (Å²) in [6.07, 6.45) is 1.86. The van der Waals surface area contributed by atoms with Crippen LogP contribution in [0.4, 0.5) is 5.82 Å². The van der Waals surface area contributed by atoms with Crippen molar-refractivity contribution in [3.05, 3.63) is 80.4 Å². The molecule has 0 aliphatic carbocycles. The van der Waals surface area contributed by atoms with Crippen LogP contribution in [-0.4, -0.2) is 15.7 Å². The van der Waals surface area contributed by atoms with E-state index in [4.69, 9.17) is 0 Å². The number of amides is 1. The Morgan fingerprint density at radius 1 is 1.08 bits per heavy atom. The van der Waals surface area contributed by atoms with Gasteiger partial charge in [-0.3, -0.25) is 9.48 Å². The molecule has 0 saturated carbocycles. The summed E-state index contributed by atoms with van der Waals surface area (Å²) in [5.74, 6) is 0.298. The van der Waals surface area contributed by atoms with E-state index in [2.05, 4.69) is 73.5 Å². The van der Waals surface area contributed by atoms with Gasteiger partial charge < -0.3 is 5.32 Å². The van der Waals surface area contributed by atoms with Crippen LogP contribution in [0.25, 0.3) is 0 Å². The van der Waals surface area contributed by atoms with Crippen LogP contribution in [-0.2, 0) is 6.54 Å².